The Hall–Kier alpha value is -7.95. The fourth-order valence-electron chi connectivity index (χ4n) is 10.2. The molecule has 20 nitrogen and oxygen atoms in total. The van der Waals surface area contributed by atoms with Crippen molar-refractivity contribution in [1.29, 1.82) is 0 Å². The van der Waals surface area contributed by atoms with E-state index >= 15 is 0 Å². The van der Waals surface area contributed by atoms with E-state index in [2.05, 4.69) is 31.9 Å². The third-order valence-corrected chi connectivity index (χ3v) is 17.7. The van der Waals surface area contributed by atoms with Crippen LogP contribution < -0.4 is 60.6 Å². The highest BCUT2D eigenvalue weighted by Gasteiger charge is 2.42. The molecule has 0 bridgehead atoms. The molecule has 0 fully saturated rings. The van der Waals surface area contributed by atoms with Crippen LogP contribution in [-0.2, 0) is 50.0 Å². The molecule has 0 radical (unpaired) electrons. The summed E-state index contributed by atoms with van der Waals surface area (Å²) < 4.78 is 24.1. The first kappa shape index (κ1) is 57.7. The van der Waals surface area contributed by atoms with Crippen molar-refractivity contribution in [2.24, 2.45) is 0 Å². The van der Waals surface area contributed by atoms with Gasteiger partial charge in [-0.1, -0.05) is 58.0 Å². The number of para-hydroxylation sites is 2. The molecule has 7 N–H and O–H groups in total. The van der Waals surface area contributed by atoms with Crippen LogP contribution in [0.25, 0.3) is 0 Å². The van der Waals surface area contributed by atoms with Crippen molar-refractivity contribution in [2.45, 2.75) is 95.6 Å². The molecule has 5 aromatic carbocycles. The molecule has 22 heteroatoms. The summed E-state index contributed by atoms with van der Waals surface area (Å²) in [5.74, 6) is -0.365. The highest BCUT2D eigenvalue weighted by Crippen LogP contribution is 2.44. The van der Waals surface area contributed by atoms with Gasteiger partial charge >= 0.3 is 0 Å². The largest absolute Gasteiger partial charge is 0.493 e. The fourth-order valence-corrected chi connectivity index (χ4v) is 12.8. The van der Waals surface area contributed by atoms with E-state index in [1.54, 1.807) is 69.8 Å². The van der Waals surface area contributed by atoms with E-state index in [-0.39, 0.29) is 77.5 Å². The first-order valence-corrected chi connectivity index (χ1v) is 29.0. The topological polar surface area (TPSA) is 255 Å². The Morgan fingerprint density at radius 1 is 0.679 bits per heavy atom. The van der Waals surface area contributed by atoms with E-state index in [0.29, 0.717) is 71.1 Å². The van der Waals surface area contributed by atoms with E-state index in [9.17, 15) is 38.7 Å². The Labute approximate surface area is 477 Å². The first-order chi connectivity index (χ1) is 39.0. The van der Waals surface area contributed by atoms with Crippen molar-refractivity contribution in [1.82, 2.24) is 16.0 Å². The van der Waals surface area contributed by atoms with Crippen LogP contribution in [-0.4, -0.2) is 116 Å². The molecule has 0 aromatic heterocycles. The third kappa shape index (κ3) is 14.0. The Morgan fingerprint density at radius 2 is 1.23 bits per heavy atom. The van der Waals surface area contributed by atoms with Gasteiger partial charge in [0.2, 0.25) is 23.6 Å². The van der Waals surface area contributed by atoms with Gasteiger partial charge in [0, 0.05) is 59.1 Å². The maximum absolute atomic E-state index is 14.2. The van der Waals surface area contributed by atoms with E-state index in [0.717, 1.165) is 41.1 Å². The summed E-state index contributed by atoms with van der Waals surface area (Å²) in [4.78, 5) is 94.3. The SMILES string of the molecule is COc1cc2c(cc1OCc1cc(COc3cc4c(cc3OC)C(=O)N3c5ccccc5C[C@H]3C(O)N4)cc(NC(=O)CNC(=O)CNC(=O)CNC(=O)CCC(C)(C)SSCCCC(C)=O)c1)NC[C@@H]1Cc3ccccc3N1C2=O. The average Bonchev–Trinajstić information content (AvgIpc) is 4.08. The normalized spacial score (nSPS) is 16.5. The summed E-state index contributed by atoms with van der Waals surface area (Å²) in [6, 6.07) is 26.6. The highest BCUT2D eigenvalue weighted by atomic mass is 33.1. The lowest BCUT2D eigenvalue weighted by Gasteiger charge is -2.26. The van der Waals surface area contributed by atoms with E-state index < -0.39 is 43.1 Å². The second-order valence-electron chi connectivity index (χ2n) is 20.8. The zero-order chi connectivity index (χ0) is 57.4. The lowest BCUT2D eigenvalue weighted by Crippen LogP contribution is -2.45. The number of methoxy groups -OCH3 is 2. The quantitative estimate of drug-likeness (QED) is 0.0249. The predicted molar refractivity (Wildman–Crippen MR) is 312 cm³/mol. The highest BCUT2D eigenvalue weighted by molar-refractivity contribution is 8.77. The molecule has 0 saturated carbocycles. The number of Topliss-reactive ketones (excluding diaryl/α,β-unsaturated/α-hetero) is 1. The van der Waals surface area contributed by atoms with Gasteiger partial charge in [-0.3, -0.25) is 28.8 Å². The Balaban J connectivity index is 0.852. The van der Waals surface area contributed by atoms with Crippen molar-refractivity contribution in [3.63, 3.8) is 0 Å². The molecular formula is C59H66N8O12S2. The molecule has 0 aliphatic carbocycles. The van der Waals surface area contributed by atoms with Gasteiger partial charge in [0.25, 0.3) is 11.8 Å². The second kappa shape index (κ2) is 25.7. The molecule has 3 atom stereocenters. The number of nitrogens with one attached hydrogen (secondary N) is 6. The number of amides is 6. The van der Waals surface area contributed by atoms with E-state index in [4.69, 9.17) is 18.9 Å². The minimum atomic E-state index is -1.10. The average molecular weight is 1140 g/mol. The number of ketones is 1. The van der Waals surface area contributed by atoms with Crippen molar-refractivity contribution < 1.29 is 57.6 Å². The maximum Gasteiger partial charge on any atom is 0.260 e. The molecule has 1 unspecified atom stereocenters. The molecule has 0 saturated heterocycles. The lowest BCUT2D eigenvalue weighted by atomic mass is 10.1. The van der Waals surface area contributed by atoms with Crippen molar-refractivity contribution in [3.8, 4) is 23.0 Å². The number of anilines is 5. The van der Waals surface area contributed by atoms with Crippen LogP contribution in [0.4, 0.5) is 28.4 Å². The Morgan fingerprint density at radius 3 is 1.86 bits per heavy atom. The summed E-state index contributed by atoms with van der Waals surface area (Å²) in [7, 11) is 6.28. The monoisotopic (exact) mass is 1140 g/mol. The number of rotatable bonds is 24. The van der Waals surface area contributed by atoms with Crippen molar-refractivity contribution in [2.75, 3.05) is 71.9 Å². The van der Waals surface area contributed by atoms with Crippen LogP contribution in [0.5, 0.6) is 23.0 Å². The molecule has 9 rings (SSSR count). The van der Waals surface area contributed by atoms with Crippen LogP contribution in [0.15, 0.2) is 91.0 Å². The second-order valence-corrected chi connectivity index (χ2v) is 23.9. The minimum Gasteiger partial charge on any atom is -0.493 e. The van der Waals surface area contributed by atoms with Gasteiger partial charge in [-0.25, -0.2) is 0 Å². The number of ether oxygens (including phenoxy) is 4. The maximum atomic E-state index is 14.2. The number of aliphatic hydroxyl groups is 1. The molecule has 81 heavy (non-hydrogen) atoms. The van der Waals surface area contributed by atoms with Gasteiger partial charge in [0.05, 0.1) is 68.4 Å². The molecule has 6 amide bonds. The number of nitrogens with zero attached hydrogens (tertiary/aromatic N) is 2. The van der Waals surface area contributed by atoms with Gasteiger partial charge in [-0.05, 0) is 111 Å². The standard InChI is InChI=1S/C59H66N8O12S2/c1-34(68)11-10-18-80-81-59(2,3)17-16-52(69)61-29-53(70)62-30-54(71)63-31-55(72)64-39-20-35(32-78-50-26-43-41(24-48(50)76-4)57(74)66-40(28-60-43)22-37-12-6-8-14-45(37)66)19-36(21-39)33-79-51-27-44-42(25-49(51)77-5)58(75)67-46-15-9-7-13-38(46)23-47(67)56(73)65-44/h6-9,12-15,19-21,24-27,40,47,56,60,65,73H,10-11,16-18,22-23,28-33H2,1-5H3,(H,61,69)(H,62,70)(H,63,71)(H,64,72)/t40-,47-,56?/m0/s1. The third-order valence-electron chi connectivity index (χ3n) is 14.2. The summed E-state index contributed by atoms with van der Waals surface area (Å²) in [6.45, 7) is 4.83. The number of fused-ring (bicyclic) bond motifs is 8. The van der Waals surface area contributed by atoms with Crippen LogP contribution in [0, 0.1) is 0 Å². The van der Waals surface area contributed by atoms with Crippen LogP contribution in [0.3, 0.4) is 0 Å². The number of benzene rings is 5. The molecular weight excluding hydrogens is 1080 g/mol. The zero-order valence-corrected chi connectivity index (χ0v) is 47.4. The number of carbonyl (C=O) groups is 7. The van der Waals surface area contributed by atoms with Gasteiger partial charge in [-0.15, -0.1) is 0 Å². The lowest BCUT2D eigenvalue weighted by molar-refractivity contribution is -0.128. The van der Waals surface area contributed by atoms with Gasteiger partial charge in [0.1, 0.15) is 25.2 Å². The van der Waals surface area contributed by atoms with Gasteiger partial charge in [-0.2, -0.15) is 0 Å². The molecule has 5 aromatic rings. The number of hydrogen-bond donors (Lipinski definition) is 7. The van der Waals surface area contributed by atoms with Gasteiger partial charge < -0.3 is 70.5 Å². The molecule has 4 heterocycles. The van der Waals surface area contributed by atoms with Crippen molar-refractivity contribution in [3.05, 3.63) is 124 Å². The first-order valence-electron chi connectivity index (χ1n) is 26.7. The predicted octanol–water partition coefficient (Wildman–Crippen LogP) is 6.77. The molecule has 426 valence electrons. The number of aliphatic hydroxyl groups excluding tert-OH is 1. The summed E-state index contributed by atoms with van der Waals surface area (Å²) in [5, 5.41) is 28.3. The van der Waals surface area contributed by atoms with Crippen LogP contribution >= 0.6 is 21.6 Å². The number of hydrogen-bond acceptors (Lipinski definition) is 16. The van der Waals surface area contributed by atoms with E-state index in [1.165, 1.54) is 14.2 Å². The Bertz CT molecular complexity index is 3250. The zero-order valence-electron chi connectivity index (χ0n) is 45.7. The summed E-state index contributed by atoms with van der Waals surface area (Å²) in [5.41, 5.74) is 6.83. The van der Waals surface area contributed by atoms with Crippen LogP contribution in [0.2, 0.25) is 0 Å². The van der Waals surface area contributed by atoms with E-state index in [1.807, 2.05) is 73.3 Å². The van der Waals surface area contributed by atoms with Crippen LogP contribution in [0.1, 0.15) is 89.4 Å². The minimum absolute atomic E-state index is 0.0358. The van der Waals surface area contributed by atoms with Crippen molar-refractivity contribution >= 4 is 91.3 Å². The number of carbonyl (C=O) groups excluding carboxylic acids is 7. The summed E-state index contributed by atoms with van der Waals surface area (Å²) >= 11 is 0. The van der Waals surface area contributed by atoms with Gasteiger partial charge in [0.15, 0.2) is 23.0 Å². The Kier molecular flexibility index (Phi) is 18.3. The summed E-state index contributed by atoms with van der Waals surface area (Å²) in [6.07, 6.45) is 2.20. The molecule has 0 spiro atoms. The molecule has 4 aliphatic heterocycles. The molecule has 4 aliphatic rings. The smallest absolute Gasteiger partial charge is 0.260 e. The fraction of sp³-hybridized carbons (Fsp3) is 0.373.